The van der Waals surface area contributed by atoms with Crippen LogP contribution < -0.4 is 15.4 Å². The van der Waals surface area contributed by atoms with Gasteiger partial charge in [0, 0.05) is 43.7 Å². The number of benzene rings is 1. The fraction of sp³-hybridized carbons (Fsp3) is 0.346. The number of pyridine rings is 1. The Bertz CT molecular complexity index is 1510. The Kier molecular flexibility index (Phi) is 7.36. The zero-order chi connectivity index (χ0) is 27.7. The second kappa shape index (κ2) is 10.7. The highest BCUT2D eigenvalue weighted by atomic mass is 32.1. The molecular formula is C26H26F3N7O2S. The lowest BCUT2D eigenvalue weighted by molar-refractivity contribution is -0.141. The summed E-state index contributed by atoms with van der Waals surface area (Å²) in [5.74, 6) is 0.459. The molecule has 1 atom stereocenters. The number of para-hydroxylation sites is 1. The maximum atomic E-state index is 13.5. The summed E-state index contributed by atoms with van der Waals surface area (Å²) in [4.78, 5) is 30.5. The molecule has 0 bridgehead atoms. The lowest BCUT2D eigenvalue weighted by atomic mass is 10.1. The molecule has 39 heavy (non-hydrogen) atoms. The van der Waals surface area contributed by atoms with Crippen molar-refractivity contribution in [3.8, 4) is 22.9 Å². The summed E-state index contributed by atoms with van der Waals surface area (Å²) in [5.41, 5.74) is 0.314. The van der Waals surface area contributed by atoms with E-state index in [1.165, 1.54) is 30.7 Å². The van der Waals surface area contributed by atoms with Crippen molar-refractivity contribution in [1.29, 1.82) is 0 Å². The molecule has 0 radical (unpaired) electrons. The first-order chi connectivity index (χ1) is 18.6. The smallest absolute Gasteiger partial charge is 0.433 e. The van der Waals surface area contributed by atoms with Crippen molar-refractivity contribution in [2.75, 3.05) is 23.7 Å². The first kappa shape index (κ1) is 26.8. The highest BCUT2D eigenvalue weighted by Gasteiger charge is 2.34. The van der Waals surface area contributed by atoms with Crippen LogP contribution >= 0.6 is 11.3 Å². The monoisotopic (exact) mass is 557 g/mol. The number of nitrogens with zero attached hydrogens (tertiary/aromatic N) is 5. The lowest BCUT2D eigenvalue weighted by Gasteiger charge is -2.21. The third-order valence-electron chi connectivity index (χ3n) is 6.27. The minimum atomic E-state index is -4.59. The van der Waals surface area contributed by atoms with Crippen molar-refractivity contribution in [1.82, 2.24) is 24.8 Å². The second-order valence-corrected chi connectivity index (χ2v) is 10.5. The summed E-state index contributed by atoms with van der Waals surface area (Å²) in [6.07, 6.45) is -2.52. The molecule has 1 amide bonds. The van der Waals surface area contributed by atoms with Gasteiger partial charge >= 0.3 is 6.18 Å². The number of halogens is 3. The van der Waals surface area contributed by atoms with E-state index in [1.54, 1.807) is 18.2 Å². The third-order valence-corrected chi connectivity index (χ3v) is 7.21. The van der Waals surface area contributed by atoms with E-state index in [1.807, 2.05) is 6.07 Å². The second-order valence-electron chi connectivity index (χ2n) is 9.46. The Morgan fingerprint density at radius 1 is 1.18 bits per heavy atom. The minimum Gasteiger partial charge on any atom is -0.437 e. The number of alkyl halides is 3. The standard InChI is InChI=1S/C26H26F3N7O2S/c1-14(2)36-10-9-16(12-36)33-24-17(7-8-21(34-24)26(27,28)29)18-11-22(31-13-30-18)38-19-5-4-6-20-23(19)35-25(39-20)32-15(3)37/h4-8,11,13-14,16H,9-10,12H2,1-3H3,(H,33,34)(H,32,35,37)/t16-/m1/s1. The molecule has 4 heterocycles. The van der Waals surface area contributed by atoms with Gasteiger partial charge in [-0.1, -0.05) is 17.4 Å². The van der Waals surface area contributed by atoms with Crippen molar-refractivity contribution in [3.05, 3.63) is 48.4 Å². The summed E-state index contributed by atoms with van der Waals surface area (Å²) in [7, 11) is 0. The number of nitrogens with one attached hydrogen (secondary N) is 2. The highest BCUT2D eigenvalue weighted by Crippen LogP contribution is 2.37. The zero-order valence-corrected chi connectivity index (χ0v) is 22.2. The van der Waals surface area contributed by atoms with Gasteiger partial charge in [-0.25, -0.2) is 19.9 Å². The normalized spacial score (nSPS) is 16.1. The van der Waals surface area contributed by atoms with E-state index in [9.17, 15) is 18.0 Å². The van der Waals surface area contributed by atoms with Crippen LogP contribution in [0.3, 0.4) is 0 Å². The van der Waals surface area contributed by atoms with E-state index in [4.69, 9.17) is 4.74 Å². The molecule has 2 N–H and O–H groups in total. The molecule has 1 saturated heterocycles. The number of anilines is 2. The van der Waals surface area contributed by atoms with Gasteiger partial charge in [0.15, 0.2) is 10.9 Å². The van der Waals surface area contributed by atoms with Gasteiger partial charge in [0.1, 0.15) is 23.4 Å². The van der Waals surface area contributed by atoms with Crippen molar-refractivity contribution < 1.29 is 22.7 Å². The molecule has 0 spiro atoms. The Morgan fingerprint density at radius 3 is 2.72 bits per heavy atom. The van der Waals surface area contributed by atoms with Crippen LogP contribution in [0.5, 0.6) is 11.6 Å². The average molecular weight is 558 g/mol. The molecule has 9 nitrogen and oxygen atoms in total. The molecule has 0 unspecified atom stereocenters. The fourth-order valence-electron chi connectivity index (χ4n) is 4.37. The van der Waals surface area contributed by atoms with Crippen molar-refractivity contribution in [3.63, 3.8) is 0 Å². The van der Waals surface area contributed by atoms with E-state index < -0.39 is 11.9 Å². The number of carbonyl (C=O) groups excluding carboxylic acids is 1. The molecule has 204 valence electrons. The van der Waals surface area contributed by atoms with E-state index in [0.717, 1.165) is 23.7 Å². The zero-order valence-electron chi connectivity index (χ0n) is 21.4. The number of fused-ring (bicyclic) bond motifs is 1. The number of hydrogen-bond acceptors (Lipinski definition) is 9. The summed E-state index contributed by atoms with van der Waals surface area (Å²) in [5, 5.41) is 6.32. The number of carbonyl (C=O) groups is 1. The Hall–Kier alpha value is -3.84. The maximum Gasteiger partial charge on any atom is 0.433 e. The van der Waals surface area contributed by atoms with Gasteiger partial charge in [-0.15, -0.1) is 0 Å². The molecule has 0 aliphatic carbocycles. The SMILES string of the molecule is CC(=O)Nc1nc2c(Oc3cc(-c4ccc(C(F)(F)F)nc4N[C@@H]4CCN(C(C)C)C4)ncn3)cccc2s1. The number of likely N-dealkylation sites (tertiary alicyclic amines) is 1. The predicted octanol–water partition coefficient (Wildman–Crippen LogP) is 5.81. The van der Waals surface area contributed by atoms with Crippen molar-refractivity contribution in [2.24, 2.45) is 0 Å². The Morgan fingerprint density at radius 2 is 2.00 bits per heavy atom. The van der Waals surface area contributed by atoms with Crippen LogP contribution in [0.15, 0.2) is 42.7 Å². The van der Waals surface area contributed by atoms with Crippen molar-refractivity contribution in [2.45, 2.75) is 45.5 Å². The van der Waals surface area contributed by atoms with E-state index in [2.05, 4.69) is 49.3 Å². The van der Waals surface area contributed by atoms with Gasteiger partial charge in [-0.05, 0) is 44.5 Å². The fourth-order valence-corrected chi connectivity index (χ4v) is 5.30. The average Bonchev–Trinajstić information content (AvgIpc) is 3.51. The van der Waals surface area contributed by atoms with Crippen molar-refractivity contribution >= 4 is 38.4 Å². The van der Waals surface area contributed by atoms with Crippen LogP contribution in [0.1, 0.15) is 32.9 Å². The summed E-state index contributed by atoms with van der Waals surface area (Å²) in [6, 6.07) is 9.49. The van der Waals surface area contributed by atoms with Gasteiger partial charge in [0.25, 0.3) is 0 Å². The minimum absolute atomic E-state index is 0.0558. The third kappa shape index (κ3) is 6.09. The molecule has 1 aliphatic heterocycles. The maximum absolute atomic E-state index is 13.5. The lowest BCUT2D eigenvalue weighted by Crippen LogP contribution is -2.31. The molecule has 4 aromatic rings. The predicted molar refractivity (Wildman–Crippen MR) is 143 cm³/mol. The van der Waals surface area contributed by atoms with E-state index >= 15 is 0 Å². The number of hydrogen-bond donors (Lipinski definition) is 2. The first-order valence-corrected chi connectivity index (χ1v) is 13.1. The topological polar surface area (TPSA) is 105 Å². The highest BCUT2D eigenvalue weighted by molar-refractivity contribution is 7.22. The van der Waals surface area contributed by atoms with Crippen LogP contribution in [-0.2, 0) is 11.0 Å². The Balaban J connectivity index is 1.46. The van der Waals surface area contributed by atoms with Gasteiger partial charge in [-0.2, -0.15) is 13.2 Å². The number of ether oxygens (including phenoxy) is 1. The molecule has 1 aliphatic rings. The van der Waals surface area contributed by atoms with Crippen LogP contribution in [0.4, 0.5) is 24.1 Å². The summed E-state index contributed by atoms with van der Waals surface area (Å²) < 4.78 is 47.4. The molecule has 0 saturated carbocycles. The summed E-state index contributed by atoms with van der Waals surface area (Å²) in [6.45, 7) is 7.13. The quantitative estimate of drug-likeness (QED) is 0.293. The molecular weight excluding hydrogens is 531 g/mol. The van der Waals surface area contributed by atoms with Gasteiger partial charge in [0.05, 0.1) is 10.4 Å². The number of aromatic nitrogens is 4. The van der Waals surface area contributed by atoms with Gasteiger partial charge < -0.3 is 15.4 Å². The van der Waals surface area contributed by atoms with Crippen LogP contribution in [0.2, 0.25) is 0 Å². The van der Waals surface area contributed by atoms with E-state index in [-0.39, 0.29) is 23.6 Å². The van der Waals surface area contributed by atoms with Crippen LogP contribution in [0.25, 0.3) is 21.5 Å². The summed E-state index contributed by atoms with van der Waals surface area (Å²) >= 11 is 1.30. The molecule has 1 fully saturated rings. The molecule has 13 heteroatoms. The number of rotatable bonds is 7. The Labute approximate surface area is 226 Å². The van der Waals surface area contributed by atoms with Crippen LogP contribution in [0, 0.1) is 0 Å². The van der Waals surface area contributed by atoms with E-state index in [0.29, 0.717) is 40.2 Å². The molecule has 5 rings (SSSR count). The molecule has 3 aromatic heterocycles. The van der Waals surface area contributed by atoms with Gasteiger partial charge in [-0.3, -0.25) is 9.69 Å². The first-order valence-electron chi connectivity index (χ1n) is 12.3. The molecule has 1 aromatic carbocycles. The number of amides is 1. The van der Waals surface area contributed by atoms with Crippen LogP contribution in [-0.4, -0.2) is 55.9 Å². The largest absolute Gasteiger partial charge is 0.437 e. The van der Waals surface area contributed by atoms with Gasteiger partial charge in [0.2, 0.25) is 11.8 Å². The number of thiazole rings is 1.